The van der Waals surface area contributed by atoms with Gasteiger partial charge in [-0.15, -0.1) is 0 Å². The Kier molecular flexibility index (Phi) is 6.50. The first kappa shape index (κ1) is 18.7. The molecule has 1 aliphatic carbocycles. The number of amides is 1. The predicted molar refractivity (Wildman–Crippen MR) is 107 cm³/mol. The zero-order valence-electron chi connectivity index (χ0n) is 15.1. The van der Waals surface area contributed by atoms with E-state index < -0.39 is 0 Å². The lowest BCUT2D eigenvalue weighted by Crippen LogP contribution is -2.38. The van der Waals surface area contributed by atoms with Crippen LogP contribution in [0.15, 0.2) is 46.6 Å². The summed E-state index contributed by atoms with van der Waals surface area (Å²) >= 11 is 1.42. The molecule has 0 bridgehead atoms. The van der Waals surface area contributed by atoms with Gasteiger partial charge in [0.2, 0.25) is 11.0 Å². The number of para-hydroxylation sites is 1. The first-order valence-electron chi connectivity index (χ1n) is 9.22. The van der Waals surface area contributed by atoms with Crippen LogP contribution >= 0.6 is 11.8 Å². The number of carbonyl (C=O) groups is 2. The van der Waals surface area contributed by atoms with Crippen LogP contribution in [0.3, 0.4) is 0 Å². The second-order valence-corrected chi connectivity index (χ2v) is 7.84. The minimum atomic E-state index is 0.0789. The van der Waals surface area contributed by atoms with Gasteiger partial charge in [0.1, 0.15) is 0 Å². The fourth-order valence-electron chi connectivity index (χ4n) is 2.94. The highest BCUT2D eigenvalue weighted by Crippen LogP contribution is 2.35. The standard InChI is InChI=1S/C20H25N3O2S/c1-2-19(24)23-12-11-18(22-14-21-15-7-4-3-5-8-15)17(13-23)20(25)26-16-9-6-10-16/h3-5,7-8,14,16H,2,6,9-13H2,1H3,(H,21,22). The maximum atomic E-state index is 12.8. The Morgan fingerprint density at radius 2 is 2.08 bits per heavy atom. The van der Waals surface area contributed by atoms with Gasteiger partial charge < -0.3 is 10.2 Å². The SMILES string of the molecule is CCC(=O)N1CCC(N=CNc2ccccc2)=C(C(=O)SC2CCC2)C1. The molecule has 3 rings (SSSR count). The molecule has 5 nitrogen and oxygen atoms in total. The van der Waals surface area contributed by atoms with Crippen molar-refractivity contribution in [2.45, 2.75) is 44.3 Å². The van der Waals surface area contributed by atoms with Crippen LogP contribution < -0.4 is 5.32 Å². The predicted octanol–water partition coefficient (Wildman–Crippen LogP) is 3.84. The number of aliphatic imine (C=N–C) groups is 1. The summed E-state index contributed by atoms with van der Waals surface area (Å²) in [4.78, 5) is 31.1. The molecule has 0 spiro atoms. The normalized spacial score (nSPS) is 18.1. The fourth-order valence-corrected chi connectivity index (χ4v) is 4.14. The summed E-state index contributed by atoms with van der Waals surface area (Å²) in [6.45, 7) is 2.85. The van der Waals surface area contributed by atoms with Crippen LogP contribution in [0.2, 0.25) is 0 Å². The molecule has 138 valence electrons. The number of anilines is 1. The average Bonchev–Trinajstić information content (AvgIpc) is 2.65. The van der Waals surface area contributed by atoms with Crippen molar-refractivity contribution in [3.63, 3.8) is 0 Å². The Balaban J connectivity index is 1.73. The molecule has 1 amide bonds. The molecule has 1 heterocycles. The number of carbonyl (C=O) groups excluding carboxylic acids is 2. The van der Waals surface area contributed by atoms with Crippen molar-refractivity contribution in [1.82, 2.24) is 4.90 Å². The van der Waals surface area contributed by atoms with E-state index in [0.717, 1.165) is 24.2 Å². The van der Waals surface area contributed by atoms with Crippen molar-refractivity contribution in [2.75, 3.05) is 18.4 Å². The van der Waals surface area contributed by atoms with Gasteiger partial charge in [-0.3, -0.25) is 9.59 Å². The van der Waals surface area contributed by atoms with Crippen molar-refractivity contribution < 1.29 is 9.59 Å². The first-order valence-corrected chi connectivity index (χ1v) is 10.1. The molecule has 0 saturated heterocycles. The van der Waals surface area contributed by atoms with E-state index >= 15 is 0 Å². The van der Waals surface area contributed by atoms with E-state index in [1.807, 2.05) is 37.3 Å². The maximum Gasteiger partial charge on any atom is 0.222 e. The minimum Gasteiger partial charge on any atom is -0.346 e. The lowest BCUT2D eigenvalue weighted by atomic mass is 10.00. The highest BCUT2D eigenvalue weighted by Gasteiger charge is 2.29. The zero-order chi connectivity index (χ0) is 18.4. The second kappa shape index (κ2) is 9.03. The topological polar surface area (TPSA) is 61.8 Å². The Bertz CT molecular complexity index is 711. The molecule has 0 atom stereocenters. The quantitative estimate of drug-likeness (QED) is 0.610. The largest absolute Gasteiger partial charge is 0.346 e. The van der Waals surface area contributed by atoms with E-state index in [-0.39, 0.29) is 11.0 Å². The molecule has 1 saturated carbocycles. The van der Waals surface area contributed by atoms with Gasteiger partial charge in [0.15, 0.2) is 0 Å². The van der Waals surface area contributed by atoms with E-state index in [0.29, 0.717) is 36.8 Å². The summed E-state index contributed by atoms with van der Waals surface area (Å²) in [6.07, 6.45) is 6.14. The van der Waals surface area contributed by atoms with Gasteiger partial charge in [-0.2, -0.15) is 0 Å². The number of nitrogens with zero attached hydrogens (tertiary/aromatic N) is 2. The van der Waals surface area contributed by atoms with Crippen LogP contribution in [-0.2, 0) is 9.59 Å². The molecule has 1 aromatic carbocycles. The summed E-state index contributed by atoms with van der Waals surface area (Å²) in [5.74, 6) is 0.0920. The summed E-state index contributed by atoms with van der Waals surface area (Å²) in [6, 6.07) is 9.78. The van der Waals surface area contributed by atoms with Crippen LogP contribution in [0.4, 0.5) is 5.69 Å². The fraction of sp³-hybridized carbons (Fsp3) is 0.450. The molecule has 0 unspecified atom stereocenters. The number of thioether (sulfide) groups is 1. The van der Waals surface area contributed by atoms with Crippen molar-refractivity contribution in [3.05, 3.63) is 41.6 Å². The maximum absolute atomic E-state index is 12.8. The summed E-state index contributed by atoms with van der Waals surface area (Å²) in [5, 5.41) is 3.64. The van der Waals surface area contributed by atoms with Gasteiger partial charge in [0, 0.05) is 35.9 Å². The number of hydrogen-bond donors (Lipinski definition) is 1. The Morgan fingerprint density at radius 1 is 1.31 bits per heavy atom. The van der Waals surface area contributed by atoms with Crippen molar-refractivity contribution in [1.29, 1.82) is 0 Å². The van der Waals surface area contributed by atoms with E-state index in [1.54, 1.807) is 11.2 Å². The Labute approximate surface area is 158 Å². The molecule has 1 aromatic rings. The van der Waals surface area contributed by atoms with Gasteiger partial charge in [-0.25, -0.2) is 4.99 Å². The van der Waals surface area contributed by atoms with Gasteiger partial charge in [-0.1, -0.05) is 43.3 Å². The van der Waals surface area contributed by atoms with Crippen molar-refractivity contribution in [2.24, 2.45) is 4.99 Å². The zero-order valence-corrected chi connectivity index (χ0v) is 15.9. The molecule has 26 heavy (non-hydrogen) atoms. The third-order valence-corrected chi connectivity index (χ3v) is 6.03. The van der Waals surface area contributed by atoms with Crippen LogP contribution in [0, 0.1) is 0 Å². The number of benzene rings is 1. The third-order valence-electron chi connectivity index (χ3n) is 4.77. The average molecular weight is 372 g/mol. The molecule has 2 aliphatic rings. The van der Waals surface area contributed by atoms with Crippen LogP contribution in [0.25, 0.3) is 0 Å². The lowest BCUT2D eigenvalue weighted by Gasteiger charge is -2.30. The summed E-state index contributed by atoms with van der Waals surface area (Å²) < 4.78 is 0. The van der Waals surface area contributed by atoms with Crippen LogP contribution in [0.1, 0.15) is 39.0 Å². The van der Waals surface area contributed by atoms with Crippen molar-refractivity contribution in [3.8, 4) is 0 Å². The highest BCUT2D eigenvalue weighted by molar-refractivity contribution is 8.14. The molecular formula is C20H25N3O2S. The van der Waals surface area contributed by atoms with E-state index in [4.69, 9.17) is 0 Å². The summed E-state index contributed by atoms with van der Waals surface area (Å²) in [5.41, 5.74) is 2.43. The van der Waals surface area contributed by atoms with E-state index in [2.05, 4.69) is 10.3 Å². The Hall–Kier alpha value is -2.08. The molecule has 1 N–H and O–H groups in total. The minimum absolute atomic E-state index is 0.0789. The molecule has 0 aromatic heterocycles. The van der Waals surface area contributed by atoms with Crippen LogP contribution in [-0.4, -0.2) is 40.6 Å². The first-order chi connectivity index (χ1) is 12.7. The highest BCUT2D eigenvalue weighted by atomic mass is 32.2. The second-order valence-electron chi connectivity index (χ2n) is 6.57. The molecular weight excluding hydrogens is 346 g/mol. The number of nitrogens with one attached hydrogen (secondary N) is 1. The van der Waals surface area contributed by atoms with Gasteiger partial charge in [-0.05, 0) is 25.0 Å². The van der Waals surface area contributed by atoms with Crippen LogP contribution in [0.5, 0.6) is 0 Å². The Morgan fingerprint density at radius 3 is 2.73 bits per heavy atom. The van der Waals surface area contributed by atoms with E-state index in [9.17, 15) is 9.59 Å². The van der Waals surface area contributed by atoms with Crippen molar-refractivity contribution >= 4 is 34.8 Å². The van der Waals surface area contributed by atoms with E-state index in [1.165, 1.54) is 18.2 Å². The van der Waals surface area contributed by atoms with Gasteiger partial charge >= 0.3 is 0 Å². The summed E-state index contributed by atoms with van der Waals surface area (Å²) in [7, 11) is 0. The molecule has 0 radical (unpaired) electrons. The number of rotatable bonds is 6. The molecule has 6 heteroatoms. The molecule has 1 fully saturated rings. The smallest absolute Gasteiger partial charge is 0.222 e. The number of hydrogen-bond acceptors (Lipinski definition) is 4. The van der Waals surface area contributed by atoms with Gasteiger partial charge in [0.25, 0.3) is 0 Å². The third kappa shape index (κ3) is 4.75. The lowest BCUT2D eigenvalue weighted by molar-refractivity contribution is -0.130. The van der Waals surface area contributed by atoms with Gasteiger partial charge in [0.05, 0.1) is 18.6 Å². The molecule has 1 aliphatic heterocycles. The monoisotopic (exact) mass is 371 g/mol.